The maximum atomic E-state index is 12.1. The fourth-order valence-corrected chi connectivity index (χ4v) is 2.78. The van der Waals surface area contributed by atoms with Crippen molar-refractivity contribution < 1.29 is 14.7 Å². The molecule has 0 spiro atoms. The normalized spacial score (nSPS) is 18.9. The summed E-state index contributed by atoms with van der Waals surface area (Å²) in [5.41, 5.74) is 1.70. The molecular weight excluding hydrogens is 268 g/mol. The molecule has 0 saturated heterocycles. The predicted molar refractivity (Wildman–Crippen MR) is 81.6 cm³/mol. The Kier molecular flexibility index (Phi) is 3.48. The molecular formula is C16H22N2O3. The van der Waals surface area contributed by atoms with Crippen LogP contribution in [0.25, 0.3) is 0 Å². The van der Waals surface area contributed by atoms with Gasteiger partial charge in [0, 0.05) is 11.7 Å². The Bertz CT molecular complexity index is 592. The highest BCUT2D eigenvalue weighted by Crippen LogP contribution is 2.62. The molecule has 21 heavy (non-hydrogen) atoms. The van der Waals surface area contributed by atoms with Crippen molar-refractivity contribution in [2.45, 2.75) is 40.7 Å². The van der Waals surface area contributed by atoms with Crippen LogP contribution in [0.3, 0.4) is 0 Å². The van der Waals surface area contributed by atoms with Gasteiger partial charge in [0.15, 0.2) is 0 Å². The van der Waals surface area contributed by atoms with Gasteiger partial charge in [-0.3, -0.25) is 0 Å². The Morgan fingerprint density at radius 3 is 2.14 bits per heavy atom. The molecule has 0 radical (unpaired) electrons. The van der Waals surface area contributed by atoms with Crippen LogP contribution in [0.1, 0.15) is 43.6 Å². The number of hydrogen-bond acceptors (Lipinski definition) is 2. The first kappa shape index (κ1) is 15.4. The van der Waals surface area contributed by atoms with Gasteiger partial charge < -0.3 is 15.7 Å². The van der Waals surface area contributed by atoms with Crippen molar-refractivity contribution >= 4 is 17.7 Å². The molecule has 0 atom stereocenters. The number of carboxylic acid groups (broad SMARTS) is 1. The van der Waals surface area contributed by atoms with E-state index in [9.17, 15) is 9.59 Å². The Morgan fingerprint density at radius 1 is 1.14 bits per heavy atom. The zero-order valence-electron chi connectivity index (χ0n) is 13.1. The second-order valence-electron chi connectivity index (χ2n) is 6.81. The minimum Gasteiger partial charge on any atom is -0.478 e. The van der Waals surface area contributed by atoms with E-state index in [1.165, 1.54) is 6.07 Å². The highest BCUT2D eigenvalue weighted by Gasteiger charge is 2.65. The maximum Gasteiger partial charge on any atom is 0.335 e. The lowest BCUT2D eigenvalue weighted by atomic mass is 10.0. The molecule has 114 valence electrons. The summed E-state index contributed by atoms with van der Waals surface area (Å²) in [5, 5.41) is 14.7. The molecule has 1 aromatic carbocycles. The van der Waals surface area contributed by atoms with Crippen molar-refractivity contribution in [2.75, 3.05) is 5.32 Å². The quantitative estimate of drug-likeness (QED) is 0.799. The van der Waals surface area contributed by atoms with Gasteiger partial charge in [0.1, 0.15) is 0 Å². The number of carbonyl (C=O) groups excluding carboxylic acids is 1. The topological polar surface area (TPSA) is 78.4 Å². The number of urea groups is 1. The van der Waals surface area contributed by atoms with Crippen molar-refractivity contribution in [2.24, 2.45) is 10.8 Å². The van der Waals surface area contributed by atoms with E-state index in [0.29, 0.717) is 5.69 Å². The third-order valence-corrected chi connectivity index (χ3v) is 5.02. The van der Waals surface area contributed by atoms with Gasteiger partial charge in [0.25, 0.3) is 0 Å². The average Bonchev–Trinajstić information content (AvgIpc) is 2.74. The van der Waals surface area contributed by atoms with Gasteiger partial charge in [-0.2, -0.15) is 0 Å². The number of hydrogen-bond donors (Lipinski definition) is 3. The minimum atomic E-state index is -0.976. The van der Waals surface area contributed by atoms with Gasteiger partial charge in [-0.05, 0) is 41.5 Å². The van der Waals surface area contributed by atoms with Gasteiger partial charge >= 0.3 is 12.0 Å². The first-order chi connectivity index (χ1) is 9.57. The van der Waals surface area contributed by atoms with Crippen LogP contribution in [0.15, 0.2) is 18.2 Å². The lowest BCUT2D eigenvalue weighted by Gasteiger charge is -2.11. The molecule has 2 amide bonds. The van der Waals surface area contributed by atoms with E-state index >= 15 is 0 Å². The summed E-state index contributed by atoms with van der Waals surface area (Å²) >= 11 is 0. The number of carboxylic acids is 1. The molecule has 1 aliphatic carbocycles. The number of aromatic carboxylic acids is 1. The first-order valence-corrected chi connectivity index (χ1v) is 6.99. The van der Waals surface area contributed by atoms with Crippen LogP contribution in [0, 0.1) is 17.8 Å². The smallest absolute Gasteiger partial charge is 0.335 e. The van der Waals surface area contributed by atoms with E-state index in [2.05, 4.69) is 38.3 Å². The standard InChI is InChI=1S/C16H22N2O3/c1-9-8-10(12(19)20)6-7-11(9)17-14(21)18-13-15(2,3)16(13,4)5/h6-8,13H,1-5H3,(H,19,20)(H2,17,18,21). The fourth-order valence-electron chi connectivity index (χ4n) is 2.78. The minimum absolute atomic E-state index is 0.0759. The van der Waals surface area contributed by atoms with Crippen molar-refractivity contribution in [3.8, 4) is 0 Å². The number of benzene rings is 1. The van der Waals surface area contributed by atoms with Gasteiger partial charge in [0.05, 0.1) is 5.56 Å². The molecule has 1 saturated carbocycles. The second-order valence-corrected chi connectivity index (χ2v) is 6.81. The zero-order chi connectivity index (χ0) is 16.0. The Hall–Kier alpha value is -2.04. The SMILES string of the molecule is Cc1cc(C(=O)O)ccc1NC(=O)NC1C(C)(C)C1(C)C. The van der Waals surface area contributed by atoms with E-state index in [-0.39, 0.29) is 28.5 Å². The molecule has 5 nitrogen and oxygen atoms in total. The van der Waals surface area contributed by atoms with E-state index in [1.54, 1.807) is 19.1 Å². The molecule has 0 aromatic heterocycles. The summed E-state index contributed by atoms with van der Waals surface area (Å²) in [4.78, 5) is 23.0. The predicted octanol–water partition coefficient (Wildman–Crippen LogP) is 3.25. The number of anilines is 1. The number of amides is 2. The van der Waals surface area contributed by atoms with Gasteiger partial charge in [-0.1, -0.05) is 27.7 Å². The first-order valence-electron chi connectivity index (χ1n) is 6.99. The second kappa shape index (κ2) is 4.76. The summed E-state index contributed by atoms with van der Waals surface area (Å²) in [6.45, 7) is 10.3. The van der Waals surface area contributed by atoms with Crippen LogP contribution < -0.4 is 10.6 Å². The Morgan fingerprint density at radius 2 is 1.71 bits per heavy atom. The lowest BCUT2D eigenvalue weighted by molar-refractivity contribution is 0.0697. The molecule has 2 rings (SSSR count). The van der Waals surface area contributed by atoms with Crippen LogP contribution in [-0.2, 0) is 0 Å². The fraction of sp³-hybridized carbons (Fsp3) is 0.500. The summed E-state index contributed by atoms with van der Waals surface area (Å²) in [6, 6.07) is 4.51. The molecule has 1 fully saturated rings. The average molecular weight is 290 g/mol. The van der Waals surface area contributed by atoms with Crippen molar-refractivity contribution in [1.29, 1.82) is 0 Å². The van der Waals surface area contributed by atoms with Gasteiger partial charge in [0.2, 0.25) is 0 Å². The highest BCUT2D eigenvalue weighted by atomic mass is 16.4. The molecule has 0 heterocycles. The number of aryl methyl sites for hydroxylation is 1. The number of rotatable bonds is 3. The molecule has 5 heteroatoms. The highest BCUT2D eigenvalue weighted by molar-refractivity contribution is 5.93. The molecule has 1 aliphatic rings. The molecule has 0 bridgehead atoms. The summed E-state index contributed by atoms with van der Waals surface area (Å²) in [5.74, 6) is -0.976. The Balaban J connectivity index is 2.03. The van der Waals surface area contributed by atoms with Crippen molar-refractivity contribution in [3.05, 3.63) is 29.3 Å². The van der Waals surface area contributed by atoms with E-state index in [1.807, 2.05) is 0 Å². The third kappa shape index (κ3) is 2.60. The number of carbonyl (C=O) groups is 2. The van der Waals surface area contributed by atoms with Crippen LogP contribution in [0.5, 0.6) is 0 Å². The van der Waals surface area contributed by atoms with Crippen LogP contribution in [-0.4, -0.2) is 23.1 Å². The maximum absolute atomic E-state index is 12.1. The Labute approximate surface area is 124 Å². The summed E-state index contributed by atoms with van der Waals surface area (Å²) < 4.78 is 0. The van der Waals surface area contributed by atoms with Crippen LogP contribution in [0.4, 0.5) is 10.5 Å². The monoisotopic (exact) mass is 290 g/mol. The van der Waals surface area contributed by atoms with Gasteiger partial charge in [-0.25, -0.2) is 9.59 Å². The van der Waals surface area contributed by atoms with E-state index < -0.39 is 5.97 Å². The van der Waals surface area contributed by atoms with Crippen molar-refractivity contribution in [1.82, 2.24) is 5.32 Å². The van der Waals surface area contributed by atoms with Crippen molar-refractivity contribution in [3.63, 3.8) is 0 Å². The van der Waals surface area contributed by atoms with Gasteiger partial charge in [-0.15, -0.1) is 0 Å². The third-order valence-electron chi connectivity index (χ3n) is 5.02. The lowest BCUT2D eigenvalue weighted by Crippen LogP contribution is -2.34. The summed E-state index contributed by atoms with van der Waals surface area (Å²) in [6.07, 6.45) is 0. The van der Waals surface area contributed by atoms with E-state index in [0.717, 1.165) is 5.56 Å². The molecule has 1 aromatic rings. The molecule has 3 N–H and O–H groups in total. The van der Waals surface area contributed by atoms with Crippen LogP contribution >= 0.6 is 0 Å². The molecule has 0 unspecified atom stereocenters. The zero-order valence-corrected chi connectivity index (χ0v) is 13.1. The number of nitrogens with one attached hydrogen (secondary N) is 2. The van der Waals surface area contributed by atoms with Crippen LogP contribution in [0.2, 0.25) is 0 Å². The summed E-state index contributed by atoms with van der Waals surface area (Å²) in [7, 11) is 0. The molecule has 0 aliphatic heterocycles. The van der Waals surface area contributed by atoms with E-state index in [4.69, 9.17) is 5.11 Å². The largest absolute Gasteiger partial charge is 0.478 e.